The maximum Gasteiger partial charge on any atom is 0.407 e. The highest BCUT2D eigenvalue weighted by molar-refractivity contribution is 6.09. The molecule has 0 saturated carbocycles. The van der Waals surface area contributed by atoms with Crippen LogP contribution in [-0.4, -0.2) is 98.0 Å². The van der Waals surface area contributed by atoms with E-state index in [1.165, 1.54) is 20.6 Å². The molecular formula is C41H51N9O6. The van der Waals surface area contributed by atoms with Gasteiger partial charge < -0.3 is 39.3 Å². The Labute approximate surface area is 325 Å². The zero-order valence-electron chi connectivity index (χ0n) is 33.0. The van der Waals surface area contributed by atoms with Gasteiger partial charge >= 0.3 is 6.09 Å². The Morgan fingerprint density at radius 2 is 1.36 bits per heavy atom. The molecule has 2 fully saturated rings. The lowest BCUT2D eigenvalue weighted by Crippen LogP contribution is -2.51. The number of hydrogen-bond acceptors (Lipinski definition) is 9. The summed E-state index contributed by atoms with van der Waals surface area (Å²) in [5.41, 5.74) is 5.86. The third-order valence-electron chi connectivity index (χ3n) is 11.2. The molecule has 4 atom stereocenters. The van der Waals surface area contributed by atoms with E-state index in [4.69, 9.17) is 19.6 Å². The smallest absolute Gasteiger partial charge is 0.407 e. The number of likely N-dealkylation sites (tertiary alicyclic amines) is 2. The maximum absolute atomic E-state index is 13.6. The number of fused-ring (bicyclic) bond motifs is 3. The summed E-state index contributed by atoms with van der Waals surface area (Å²) in [6.07, 6.45) is 7.55. The second-order valence-electron chi connectivity index (χ2n) is 15.3. The van der Waals surface area contributed by atoms with Gasteiger partial charge in [-0.15, -0.1) is 0 Å². The largest absolute Gasteiger partial charge is 0.453 e. The van der Waals surface area contributed by atoms with Crippen molar-refractivity contribution in [1.29, 1.82) is 0 Å². The molecule has 3 aromatic heterocycles. The molecule has 3 amide bonds. The SMILES string of the molecule is COOC=N[C@H](C(=O)N1CCC[C@H]1c1ncc(-c2ccc3c4ccc(-c5cnc([C@@H]6CCCN6C(=O)[C@@H](NC(=O)OC)C(C)C)[nH]5)cc4n(C)c3c2)[nH]1)C(C)C. The lowest BCUT2D eigenvalue weighted by molar-refractivity contribution is -0.188. The summed E-state index contributed by atoms with van der Waals surface area (Å²) in [5.74, 6) is 1.16. The number of carbonyl (C=O) groups excluding carboxylic acids is 3. The Balaban J connectivity index is 1.11. The van der Waals surface area contributed by atoms with Crippen LogP contribution in [0.25, 0.3) is 44.3 Å². The molecule has 2 aromatic carbocycles. The molecule has 296 valence electrons. The van der Waals surface area contributed by atoms with E-state index < -0.39 is 18.2 Å². The minimum atomic E-state index is -0.693. The summed E-state index contributed by atoms with van der Waals surface area (Å²) in [5, 5.41) is 4.97. The second kappa shape index (κ2) is 16.2. The molecule has 5 heterocycles. The highest BCUT2D eigenvalue weighted by Crippen LogP contribution is 2.37. The molecule has 56 heavy (non-hydrogen) atoms. The van der Waals surface area contributed by atoms with Gasteiger partial charge in [0.2, 0.25) is 18.2 Å². The molecule has 0 aliphatic carbocycles. The molecule has 0 radical (unpaired) electrons. The normalized spacial score (nSPS) is 18.5. The number of nitrogens with one attached hydrogen (secondary N) is 3. The molecule has 15 nitrogen and oxygen atoms in total. The Morgan fingerprint density at radius 3 is 1.84 bits per heavy atom. The van der Waals surface area contributed by atoms with Crippen LogP contribution in [0.3, 0.4) is 0 Å². The first-order valence-electron chi connectivity index (χ1n) is 19.3. The molecule has 3 N–H and O–H groups in total. The number of alkyl carbamates (subject to hydrolysis) is 1. The molecule has 7 rings (SSSR count). The van der Waals surface area contributed by atoms with Crippen LogP contribution in [0.5, 0.6) is 0 Å². The van der Waals surface area contributed by atoms with Crippen molar-refractivity contribution in [2.24, 2.45) is 23.9 Å². The summed E-state index contributed by atoms with van der Waals surface area (Å²) >= 11 is 0. The number of methoxy groups -OCH3 is 1. The molecule has 5 aromatic rings. The van der Waals surface area contributed by atoms with Crippen LogP contribution >= 0.6 is 0 Å². The number of H-pyrrole nitrogens is 2. The fraction of sp³-hybridized carbons (Fsp3) is 0.463. The Morgan fingerprint density at radius 1 is 0.821 bits per heavy atom. The van der Waals surface area contributed by atoms with Crippen molar-refractivity contribution in [2.45, 2.75) is 77.5 Å². The molecule has 0 spiro atoms. The number of aromatic amines is 2. The number of nitrogens with zero attached hydrogens (tertiary/aromatic N) is 6. The second-order valence-corrected chi connectivity index (χ2v) is 15.3. The van der Waals surface area contributed by atoms with Gasteiger partial charge in [-0.05, 0) is 49.7 Å². The highest BCUT2D eigenvalue weighted by Gasteiger charge is 2.38. The molecule has 15 heteroatoms. The van der Waals surface area contributed by atoms with E-state index in [-0.39, 0.29) is 35.7 Å². The zero-order valence-corrected chi connectivity index (χ0v) is 33.0. The van der Waals surface area contributed by atoms with E-state index in [2.05, 4.69) is 73.2 Å². The third kappa shape index (κ3) is 7.34. The number of aryl methyl sites for hydroxylation is 1. The fourth-order valence-corrected chi connectivity index (χ4v) is 8.18. The van der Waals surface area contributed by atoms with E-state index in [0.717, 1.165) is 81.7 Å². The Hall–Kier alpha value is -5.70. The van der Waals surface area contributed by atoms with Crippen molar-refractivity contribution in [3.63, 3.8) is 0 Å². The minimum absolute atomic E-state index is 0.0183. The number of imidazole rings is 2. The van der Waals surface area contributed by atoms with Crippen LogP contribution < -0.4 is 5.32 Å². The van der Waals surface area contributed by atoms with Gasteiger partial charge in [0.05, 0.1) is 50.1 Å². The Kier molecular flexibility index (Phi) is 11.1. The lowest BCUT2D eigenvalue weighted by Gasteiger charge is -2.30. The van der Waals surface area contributed by atoms with Crippen molar-refractivity contribution in [3.8, 4) is 22.5 Å². The van der Waals surface area contributed by atoms with Crippen LogP contribution in [0.15, 0.2) is 53.8 Å². The summed E-state index contributed by atoms with van der Waals surface area (Å²) < 4.78 is 6.97. The summed E-state index contributed by atoms with van der Waals surface area (Å²) in [6.45, 7) is 8.97. The third-order valence-corrected chi connectivity index (χ3v) is 11.2. The van der Waals surface area contributed by atoms with Crippen LogP contribution in [0.2, 0.25) is 0 Å². The van der Waals surface area contributed by atoms with E-state index in [1.54, 1.807) is 0 Å². The van der Waals surface area contributed by atoms with Gasteiger partial charge in [-0.1, -0.05) is 52.0 Å². The summed E-state index contributed by atoms with van der Waals surface area (Å²) in [6, 6.07) is 11.1. The number of aliphatic imine (C=N–C) groups is 1. The van der Waals surface area contributed by atoms with Gasteiger partial charge in [-0.2, -0.15) is 4.89 Å². The number of hydrogen-bond donors (Lipinski definition) is 3. The first kappa shape index (κ1) is 38.6. The van der Waals surface area contributed by atoms with Crippen LogP contribution in [-0.2, 0) is 31.1 Å². The predicted molar refractivity (Wildman–Crippen MR) is 212 cm³/mol. The first-order valence-corrected chi connectivity index (χ1v) is 19.3. The van der Waals surface area contributed by atoms with Crippen molar-refractivity contribution in [2.75, 3.05) is 27.3 Å². The van der Waals surface area contributed by atoms with Gasteiger partial charge in [0.15, 0.2) is 0 Å². The minimum Gasteiger partial charge on any atom is -0.453 e. The monoisotopic (exact) mass is 765 g/mol. The van der Waals surface area contributed by atoms with Crippen LogP contribution in [0.1, 0.15) is 77.1 Å². The average Bonchev–Trinajstić information content (AvgIpc) is 4.05. The number of aromatic nitrogens is 5. The molecule has 0 bridgehead atoms. The van der Waals surface area contributed by atoms with E-state index in [1.807, 2.05) is 49.9 Å². The number of benzene rings is 2. The molecule has 2 saturated heterocycles. The molecular weight excluding hydrogens is 715 g/mol. The van der Waals surface area contributed by atoms with Gasteiger partial charge in [-0.3, -0.25) is 9.59 Å². The number of amides is 3. The first-order chi connectivity index (χ1) is 27.0. The lowest BCUT2D eigenvalue weighted by atomic mass is 10.0. The fourth-order valence-electron chi connectivity index (χ4n) is 8.18. The van der Waals surface area contributed by atoms with Gasteiger partial charge in [0, 0.05) is 53.1 Å². The van der Waals surface area contributed by atoms with E-state index in [9.17, 15) is 14.4 Å². The van der Waals surface area contributed by atoms with Crippen molar-refractivity contribution >= 4 is 46.1 Å². The molecule has 2 aliphatic heterocycles. The number of rotatable bonds is 12. The quantitative estimate of drug-likeness (QED) is 0.0563. The maximum atomic E-state index is 13.6. The van der Waals surface area contributed by atoms with Gasteiger partial charge in [-0.25, -0.2) is 19.8 Å². The Bertz CT molecular complexity index is 2250. The van der Waals surface area contributed by atoms with Crippen molar-refractivity contribution < 1.29 is 28.9 Å². The van der Waals surface area contributed by atoms with E-state index in [0.29, 0.717) is 13.1 Å². The predicted octanol–water partition coefficient (Wildman–Crippen LogP) is 6.45. The summed E-state index contributed by atoms with van der Waals surface area (Å²) in [7, 11) is 4.76. The zero-order chi connectivity index (χ0) is 39.7. The van der Waals surface area contributed by atoms with Crippen molar-refractivity contribution in [1.82, 2.24) is 39.6 Å². The standard InChI is InChI=1S/C41H51N9O6/c1-23(2)35(44-22-56-55-7)39(51)49-16-8-10-31(49)37-42-20-29(45-37)25-12-14-27-28-15-13-26(19-34(28)48(5)33(27)18-25)30-21-43-38(46-30)32-11-9-17-50(32)40(52)36(24(3)4)47-41(53)54-6/h12-15,18-24,31-32,35-36H,8-11,16-17H2,1-7H3,(H,42,45)(H,43,46)(H,47,53)/t31-,32-,35-,36-/m0/s1. The summed E-state index contributed by atoms with van der Waals surface area (Å²) in [4.78, 5) is 73.3. The van der Waals surface area contributed by atoms with Gasteiger partial charge in [0.25, 0.3) is 0 Å². The van der Waals surface area contributed by atoms with Crippen LogP contribution in [0, 0.1) is 11.8 Å². The van der Waals surface area contributed by atoms with E-state index >= 15 is 0 Å². The van der Waals surface area contributed by atoms with Crippen LogP contribution in [0.4, 0.5) is 4.79 Å². The van der Waals surface area contributed by atoms with Gasteiger partial charge in [0.1, 0.15) is 23.7 Å². The molecule has 0 unspecified atom stereocenters. The average molecular weight is 766 g/mol. The number of carbonyl (C=O) groups is 3. The molecule has 2 aliphatic rings. The topological polar surface area (TPSA) is 172 Å². The number of ether oxygens (including phenoxy) is 1. The van der Waals surface area contributed by atoms with Crippen molar-refractivity contribution in [3.05, 3.63) is 60.4 Å². The highest BCUT2D eigenvalue weighted by atomic mass is 17.2.